The number of aryl methyl sites for hydroxylation is 1. The first kappa shape index (κ1) is 7.73. The lowest BCUT2D eigenvalue weighted by molar-refractivity contribution is 0.595. The Labute approximate surface area is 71.6 Å². The van der Waals surface area contributed by atoms with Crippen molar-refractivity contribution in [2.75, 3.05) is 0 Å². The van der Waals surface area contributed by atoms with E-state index in [1.54, 1.807) is 0 Å². The molecule has 4 heteroatoms. The minimum absolute atomic E-state index is 0.0570. The third-order valence-electron chi connectivity index (χ3n) is 2.31. The predicted octanol–water partition coefficient (Wildman–Crippen LogP) is 0.777. The fraction of sp³-hybridized carbons (Fsp3) is 0.750. The van der Waals surface area contributed by atoms with E-state index in [0.717, 1.165) is 18.1 Å². The summed E-state index contributed by atoms with van der Waals surface area (Å²) in [4.78, 5) is 4.30. The average molecular weight is 166 g/mol. The fourth-order valence-electron chi connectivity index (χ4n) is 1.28. The summed E-state index contributed by atoms with van der Waals surface area (Å²) in [5.41, 5.74) is 5.92. The highest BCUT2D eigenvalue weighted by atomic mass is 15.2. The Morgan fingerprint density at radius 3 is 2.92 bits per heavy atom. The van der Waals surface area contributed by atoms with Gasteiger partial charge in [-0.15, -0.1) is 0 Å². The summed E-state index contributed by atoms with van der Waals surface area (Å²) in [7, 11) is 0. The average Bonchev–Trinajstić information content (AvgIpc) is 2.82. The summed E-state index contributed by atoms with van der Waals surface area (Å²) in [5, 5.41) is 6.96. The largest absolute Gasteiger partial charge is 0.321 e. The topological polar surface area (TPSA) is 67.6 Å². The van der Waals surface area contributed by atoms with Gasteiger partial charge < -0.3 is 5.73 Å². The van der Waals surface area contributed by atoms with Gasteiger partial charge in [0.25, 0.3) is 0 Å². The number of hydrogen-bond acceptors (Lipinski definition) is 3. The van der Waals surface area contributed by atoms with Crippen LogP contribution in [0.15, 0.2) is 0 Å². The van der Waals surface area contributed by atoms with Gasteiger partial charge in [-0.2, -0.15) is 5.10 Å². The maximum Gasteiger partial charge on any atom is 0.167 e. The second kappa shape index (κ2) is 2.86. The molecule has 66 valence electrons. The number of nitrogens with zero attached hydrogens (tertiary/aromatic N) is 2. The number of rotatable bonds is 3. The van der Waals surface area contributed by atoms with Gasteiger partial charge in [0.2, 0.25) is 0 Å². The Morgan fingerprint density at radius 1 is 1.67 bits per heavy atom. The van der Waals surface area contributed by atoms with Crippen LogP contribution >= 0.6 is 0 Å². The summed E-state index contributed by atoms with van der Waals surface area (Å²) in [5.74, 6) is 2.35. The van der Waals surface area contributed by atoms with E-state index in [1.165, 1.54) is 12.8 Å². The molecule has 0 spiro atoms. The van der Waals surface area contributed by atoms with Gasteiger partial charge in [0.05, 0.1) is 6.04 Å². The molecule has 2 rings (SSSR count). The Balaban J connectivity index is 2.10. The first-order valence-electron chi connectivity index (χ1n) is 4.48. The number of hydrogen-bond donors (Lipinski definition) is 2. The summed E-state index contributed by atoms with van der Waals surface area (Å²) >= 11 is 0. The zero-order chi connectivity index (χ0) is 8.55. The Hall–Kier alpha value is -0.900. The molecule has 4 nitrogen and oxygen atoms in total. The van der Waals surface area contributed by atoms with E-state index in [4.69, 9.17) is 5.73 Å². The monoisotopic (exact) mass is 166 g/mol. The van der Waals surface area contributed by atoms with Crippen LogP contribution in [0.3, 0.4) is 0 Å². The zero-order valence-electron chi connectivity index (χ0n) is 7.25. The molecular weight excluding hydrogens is 152 g/mol. The van der Waals surface area contributed by atoms with Crippen LogP contribution in [0.4, 0.5) is 0 Å². The second-order valence-corrected chi connectivity index (χ2v) is 3.36. The first-order valence-corrected chi connectivity index (χ1v) is 4.48. The van der Waals surface area contributed by atoms with Crippen LogP contribution in [-0.4, -0.2) is 15.2 Å². The van der Waals surface area contributed by atoms with Crippen molar-refractivity contribution in [3.05, 3.63) is 11.6 Å². The molecule has 1 unspecified atom stereocenters. The van der Waals surface area contributed by atoms with Crippen LogP contribution in [0.25, 0.3) is 0 Å². The number of H-pyrrole nitrogens is 1. The van der Waals surface area contributed by atoms with Crippen LogP contribution in [-0.2, 0) is 6.42 Å². The molecule has 0 saturated heterocycles. The van der Waals surface area contributed by atoms with Crippen LogP contribution in [0.5, 0.6) is 0 Å². The molecule has 1 aromatic heterocycles. The first-order chi connectivity index (χ1) is 5.81. The van der Waals surface area contributed by atoms with E-state index in [9.17, 15) is 0 Å². The van der Waals surface area contributed by atoms with Gasteiger partial charge in [-0.3, -0.25) is 5.10 Å². The Bertz CT molecular complexity index is 264. The molecule has 1 aromatic rings. The van der Waals surface area contributed by atoms with Crippen molar-refractivity contribution < 1.29 is 0 Å². The SMILES string of the molecule is CCc1nc(C(N)C2CC2)n[nH]1. The van der Waals surface area contributed by atoms with E-state index in [2.05, 4.69) is 15.2 Å². The number of nitrogens with two attached hydrogens (primary N) is 1. The Morgan fingerprint density at radius 2 is 2.42 bits per heavy atom. The van der Waals surface area contributed by atoms with Crippen molar-refractivity contribution in [3.63, 3.8) is 0 Å². The molecule has 1 aliphatic carbocycles. The minimum Gasteiger partial charge on any atom is -0.321 e. The van der Waals surface area contributed by atoms with Gasteiger partial charge in [0, 0.05) is 6.42 Å². The second-order valence-electron chi connectivity index (χ2n) is 3.36. The number of aromatic nitrogens is 3. The van der Waals surface area contributed by atoms with E-state index in [1.807, 2.05) is 6.92 Å². The molecule has 1 atom stereocenters. The van der Waals surface area contributed by atoms with E-state index >= 15 is 0 Å². The van der Waals surface area contributed by atoms with Gasteiger partial charge in [-0.1, -0.05) is 6.92 Å². The van der Waals surface area contributed by atoms with Gasteiger partial charge in [0.1, 0.15) is 5.82 Å². The maximum atomic E-state index is 5.92. The molecule has 0 bridgehead atoms. The van der Waals surface area contributed by atoms with Gasteiger partial charge in [-0.05, 0) is 18.8 Å². The molecule has 3 N–H and O–H groups in total. The molecule has 0 aliphatic heterocycles. The van der Waals surface area contributed by atoms with Crippen molar-refractivity contribution in [1.82, 2.24) is 15.2 Å². The van der Waals surface area contributed by atoms with Crippen LogP contribution in [0.1, 0.15) is 37.5 Å². The highest BCUT2D eigenvalue weighted by Crippen LogP contribution is 2.38. The number of aromatic amines is 1. The van der Waals surface area contributed by atoms with Crippen LogP contribution in [0, 0.1) is 5.92 Å². The quantitative estimate of drug-likeness (QED) is 0.697. The highest BCUT2D eigenvalue weighted by Gasteiger charge is 2.31. The molecular formula is C8H14N4. The smallest absolute Gasteiger partial charge is 0.167 e. The molecule has 1 heterocycles. The molecule has 0 radical (unpaired) electrons. The maximum absolute atomic E-state index is 5.92. The molecule has 12 heavy (non-hydrogen) atoms. The van der Waals surface area contributed by atoms with E-state index in [0.29, 0.717) is 5.92 Å². The summed E-state index contributed by atoms with van der Waals surface area (Å²) in [6, 6.07) is 0.0570. The molecule has 0 aromatic carbocycles. The van der Waals surface area contributed by atoms with Crippen LogP contribution < -0.4 is 5.73 Å². The van der Waals surface area contributed by atoms with Gasteiger partial charge >= 0.3 is 0 Å². The van der Waals surface area contributed by atoms with Crippen molar-refractivity contribution in [1.29, 1.82) is 0 Å². The lowest BCUT2D eigenvalue weighted by Gasteiger charge is -2.02. The lowest BCUT2D eigenvalue weighted by Crippen LogP contribution is -2.14. The van der Waals surface area contributed by atoms with Crippen molar-refractivity contribution in [2.45, 2.75) is 32.2 Å². The van der Waals surface area contributed by atoms with E-state index < -0.39 is 0 Å². The minimum atomic E-state index is 0.0570. The normalized spacial score (nSPS) is 19.5. The van der Waals surface area contributed by atoms with Crippen molar-refractivity contribution >= 4 is 0 Å². The molecule has 0 amide bonds. The standard InChI is InChI=1S/C8H14N4/c1-2-6-10-8(12-11-6)7(9)5-3-4-5/h5,7H,2-4,9H2,1H3,(H,10,11,12). The fourth-order valence-corrected chi connectivity index (χ4v) is 1.28. The highest BCUT2D eigenvalue weighted by molar-refractivity contribution is 5.01. The predicted molar refractivity (Wildman–Crippen MR) is 45.4 cm³/mol. The van der Waals surface area contributed by atoms with Crippen LogP contribution in [0.2, 0.25) is 0 Å². The number of nitrogens with one attached hydrogen (secondary N) is 1. The summed E-state index contributed by atoms with van der Waals surface area (Å²) in [6.07, 6.45) is 3.36. The van der Waals surface area contributed by atoms with Crippen molar-refractivity contribution in [2.24, 2.45) is 11.7 Å². The molecule has 1 saturated carbocycles. The zero-order valence-corrected chi connectivity index (χ0v) is 7.25. The van der Waals surface area contributed by atoms with Crippen molar-refractivity contribution in [3.8, 4) is 0 Å². The van der Waals surface area contributed by atoms with E-state index in [-0.39, 0.29) is 6.04 Å². The van der Waals surface area contributed by atoms with Gasteiger partial charge in [0.15, 0.2) is 5.82 Å². The van der Waals surface area contributed by atoms with Gasteiger partial charge in [-0.25, -0.2) is 4.98 Å². The molecule has 1 aliphatic rings. The molecule has 1 fully saturated rings. The Kier molecular flexibility index (Phi) is 1.84. The summed E-state index contributed by atoms with van der Waals surface area (Å²) < 4.78 is 0. The lowest BCUT2D eigenvalue weighted by atomic mass is 10.2. The third-order valence-corrected chi connectivity index (χ3v) is 2.31. The third kappa shape index (κ3) is 1.34. The summed E-state index contributed by atoms with van der Waals surface area (Å²) in [6.45, 7) is 2.05.